The van der Waals surface area contributed by atoms with Crippen molar-refractivity contribution >= 4 is 35.4 Å². The van der Waals surface area contributed by atoms with Crippen molar-refractivity contribution in [2.45, 2.75) is 95.4 Å². The highest BCUT2D eigenvalue weighted by atomic mass is 35.5. The van der Waals surface area contributed by atoms with Crippen molar-refractivity contribution in [3.63, 3.8) is 0 Å². The fraction of sp³-hybridized carbons (Fsp3) is 0.571. The molecule has 2 aromatic carbocycles. The second-order valence-electron chi connectivity index (χ2n) is 14.9. The van der Waals surface area contributed by atoms with E-state index in [1.54, 1.807) is 41.1 Å². The highest BCUT2D eigenvalue weighted by Crippen LogP contribution is 2.22. The molecule has 18 heteroatoms. The number of nitrogens with one attached hydrogen (secondary N) is 5. The van der Waals surface area contributed by atoms with Gasteiger partial charge in [-0.2, -0.15) is 0 Å². The normalized spacial score (nSPS) is 18.6. The molecule has 3 aromatic rings. The van der Waals surface area contributed by atoms with Crippen molar-refractivity contribution in [3.8, 4) is 22.8 Å². The summed E-state index contributed by atoms with van der Waals surface area (Å²) in [5.41, 5.74) is 1.57. The molecule has 17 nitrogen and oxygen atoms in total. The summed E-state index contributed by atoms with van der Waals surface area (Å²) in [5.74, 6) is 0.805. The van der Waals surface area contributed by atoms with Crippen LogP contribution in [0.5, 0.6) is 11.5 Å². The number of benzene rings is 2. The maximum absolute atomic E-state index is 12.6. The molecule has 1 saturated heterocycles. The maximum Gasteiger partial charge on any atom is 0.315 e. The van der Waals surface area contributed by atoms with E-state index in [1.807, 2.05) is 25.3 Å². The molecule has 2 heterocycles. The standard InChI is InChI=1S/C42H59ClN8O9/c1-30-37(48-42(55)45-30)5-3-2-4-6-39(52)44-19-21-56-23-25-58-26-24-57-22-20-51-27-38(49-50-51)31-7-15-35(16-8-31)59-28-40(53)46-33-11-13-34(14-12-33)47-41(54)29-60-36-17-9-32(43)10-18-36/h7-10,15-18,27,30,33-34,37H,2-6,11-14,19-26,28-29H2,1H3,(H,44,52)(H,46,53)(H,47,54)(H2,45,48,55)/t30-,33-,34-,37+/m0/s1. The molecule has 60 heavy (non-hydrogen) atoms. The van der Waals surface area contributed by atoms with Crippen molar-refractivity contribution in [1.82, 2.24) is 41.6 Å². The van der Waals surface area contributed by atoms with E-state index in [1.165, 1.54) is 0 Å². The SMILES string of the molecule is C[C@@H]1NC(=O)N[C@@H]1CCCCCC(=O)NCCOCCOCCOCCn1cc(-c2ccc(OCC(=O)N[C@H]3CC[C@H](NC(=O)COc4ccc(Cl)cc4)CC3)cc2)nn1. The smallest absolute Gasteiger partial charge is 0.315 e. The van der Waals surface area contributed by atoms with Crippen LogP contribution in [0.2, 0.25) is 5.02 Å². The minimum atomic E-state index is -0.191. The summed E-state index contributed by atoms with van der Waals surface area (Å²) >= 11 is 5.88. The van der Waals surface area contributed by atoms with E-state index in [4.69, 9.17) is 35.3 Å². The summed E-state index contributed by atoms with van der Waals surface area (Å²) < 4.78 is 29.7. The number of nitrogens with zero attached hydrogens (tertiary/aromatic N) is 3. The lowest BCUT2D eigenvalue weighted by atomic mass is 9.91. The van der Waals surface area contributed by atoms with Crippen LogP contribution < -0.4 is 36.1 Å². The zero-order valence-corrected chi connectivity index (χ0v) is 35.1. The van der Waals surface area contributed by atoms with Crippen molar-refractivity contribution < 1.29 is 42.9 Å². The van der Waals surface area contributed by atoms with Crippen molar-refractivity contribution in [1.29, 1.82) is 0 Å². The van der Waals surface area contributed by atoms with Gasteiger partial charge in [-0.1, -0.05) is 29.7 Å². The Morgan fingerprint density at radius 3 is 1.93 bits per heavy atom. The molecule has 2 atom stereocenters. The number of amides is 5. The number of aromatic nitrogens is 3. The van der Waals surface area contributed by atoms with E-state index in [-0.39, 0.29) is 61.1 Å². The van der Waals surface area contributed by atoms with Crippen molar-refractivity contribution in [2.24, 2.45) is 0 Å². The number of carbonyl (C=O) groups is 4. The Labute approximate surface area is 356 Å². The average Bonchev–Trinajstić information content (AvgIpc) is 3.85. The van der Waals surface area contributed by atoms with E-state index in [9.17, 15) is 19.2 Å². The van der Waals surface area contributed by atoms with Crippen LogP contribution in [0.15, 0.2) is 54.7 Å². The zero-order valence-electron chi connectivity index (χ0n) is 34.3. The van der Waals surface area contributed by atoms with Gasteiger partial charge in [0.25, 0.3) is 11.8 Å². The van der Waals surface area contributed by atoms with Gasteiger partial charge in [-0.3, -0.25) is 14.4 Å². The molecule has 5 N–H and O–H groups in total. The first-order valence-electron chi connectivity index (χ1n) is 20.9. The van der Waals surface area contributed by atoms with Gasteiger partial charge in [0.2, 0.25) is 5.91 Å². The molecule has 1 aliphatic carbocycles. The van der Waals surface area contributed by atoms with Gasteiger partial charge in [0, 0.05) is 41.7 Å². The Bertz CT molecular complexity index is 1760. The highest BCUT2D eigenvalue weighted by Gasteiger charge is 2.27. The van der Waals surface area contributed by atoms with Gasteiger partial charge in [-0.15, -0.1) is 5.10 Å². The Kier molecular flexibility index (Phi) is 19.7. The third-order valence-corrected chi connectivity index (χ3v) is 10.4. The van der Waals surface area contributed by atoms with Crippen molar-refractivity contribution in [2.75, 3.05) is 59.4 Å². The summed E-state index contributed by atoms with van der Waals surface area (Å²) in [5, 5.41) is 23.7. The number of urea groups is 1. The molecule has 1 aliphatic heterocycles. The second kappa shape index (κ2) is 25.6. The molecule has 5 amide bonds. The molecule has 0 unspecified atom stereocenters. The monoisotopic (exact) mass is 854 g/mol. The van der Waals surface area contributed by atoms with Crippen LogP contribution >= 0.6 is 11.6 Å². The van der Waals surface area contributed by atoms with Gasteiger partial charge in [0.15, 0.2) is 13.2 Å². The van der Waals surface area contributed by atoms with Gasteiger partial charge in [-0.25, -0.2) is 9.48 Å². The van der Waals surface area contributed by atoms with Crippen molar-refractivity contribution in [3.05, 3.63) is 59.8 Å². The van der Waals surface area contributed by atoms with Gasteiger partial charge < -0.3 is 50.3 Å². The van der Waals surface area contributed by atoms with Gasteiger partial charge in [0.05, 0.1) is 58.4 Å². The third kappa shape index (κ3) is 17.3. The first kappa shape index (κ1) is 46.1. The number of carbonyl (C=O) groups excluding carboxylic acids is 4. The largest absolute Gasteiger partial charge is 0.484 e. The number of hydrogen-bond donors (Lipinski definition) is 5. The van der Waals surface area contributed by atoms with Gasteiger partial charge >= 0.3 is 6.03 Å². The van der Waals surface area contributed by atoms with E-state index in [2.05, 4.69) is 36.9 Å². The second-order valence-corrected chi connectivity index (χ2v) is 15.3. The van der Waals surface area contributed by atoms with E-state index >= 15 is 0 Å². The molecule has 1 aromatic heterocycles. The maximum atomic E-state index is 12.6. The molecular weight excluding hydrogens is 796 g/mol. The van der Waals surface area contributed by atoms with Crippen LogP contribution in [0.4, 0.5) is 4.79 Å². The lowest BCUT2D eigenvalue weighted by Gasteiger charge is -2.29. The van der Waals surface area contributed by atoms with E-state index in [0.717, 1.165) is 56.9 Å². The van der Waals surface area contributed by atoms with Gasteiger partial charge in [-0.05, 0) is 94.0 Å². The number of unbranched alkanes of at least 4 members (excludes halogenated alkanes) is 2. The summed E-state index contributed by atoms with van der Waals surface area (Å²) in [6.45, 7) is 5.44. The Balaban J connectivity index is 0.815. The average molecular weight is 855 g/mol. The summed E-state index contributed by atoms with van der Waals surface area (Å²) in [7, 11) is 0. The molecular formula is C42H59ClN8O9. The summed E-state index contributed by atoms with van der Waals surface area (Å²) in [4.78, 5) is 48.3. The van der Waals surface area contributed by atoms with Gasteiger partial charge in [0.1, 0.15) is 17.2 Å². The summed E-state index contributed by atoms with van der Waals surface area (Å²) in [6.07, 6.45) is 9.05. The van der Waals surface area contributed by atoms with Crippen LogP contribution in [0.3, 0.4) is 0 Å². The first-order chi connectivity index (χ1) is 29.2. The molecule has 0 spiro atoms. The molecule has 1 saturated carbocycles. The number of rotatable bonds is 27. The highest BCUT2D eigenvalue weighted by molar-refractivity contribution is 6.30. The molecule has 0 bridgehead atoms. The van der Waals surface area contributed by atoms with Crippen LogP contribution in [0.25, 0.3) is 11.3 Å². The Morgan fingerprint density at radius 1 is 0.750 bits per heavy atom. The lowest BCUT2D eigenvalue weighted by Crippen LogP contribution is -2.45. The van der Waals surface area contributed by atoms with E-state index < -0.39 is 0 Å². The molecule has 5 rings (SSSR count). The predicted octanol–water partition coefficient (Wildman–Crippen LogP) is 3.79. The zero-order chi connectivity index (χ0) is 42.4. The number of hydrogen-bond acceptors (Lipinski definition) is 11. The quantitative estimate of drug-likeness (QED) is 0.0698. The van der Waals surface area contributed by atoms with Crippen LogP contribution in [0, 0.1) is 0 Å². The Hall–Kier alpha value is -4.97. The fourth-order valence-electron chi connectivity index (χ4n) is 6.85. The molecule has 328 valence electrons. The minimum absolute atomic E-state index is 0.0220. The molecule has 0 radical (unpaired) electrons. The topological polar surface area (TPSA) is 205 Å². The molecule has 2 aliphatic rings. The van der Waals surface area contributed by atoms with E-state index in [0.29, 0.717) is 81.4 Å². The predicted molar refractivity (Wildman–Crippen MR) is 224 cm³/mol. The van der Waals surface area contributed by atoms with Crippen LogP contribution in [0.1, 0.15) is 64.7 Å². The van der Waals surface area contributed by atoms with Crippen LogP contribution in [-0.2, 0) is 35.1 Å². The number of ether oxygens (including phenoxy) is 5. The van der Waals surface area contributed by atoms with Crippen LogP contribution in [-0.4, -0.2) is 122 Å². The Morgan fingerprint density at radius 2 is 1.33 bits per heavy atom. The summed E-state index contributed by atoms with van der Waals surface area (Å²) in [6, 6.07) is 14.5. The fourth-order valence-corrected chi connectivity index (χ4v) is 6.98. The number of halogens is 1. The minimum Gasteiger partial charge on any atom is -0.484 e. The molecule has 2 fully saturated rings. The lowest BCUT2D eigenvalue weighted by molar-refractivity contribution is -0.125. The first-order valence-corrected chi connectivity index (χ1v) is 21.3. The third-order valence-electron chi connectivity index (χ3n) is 10.2.